The van der Waals surface area contributed by atoms with E-state index in [2.05, 4.69) is 61.2 Å². The molecule has 8 atom stereocenters. The number of aliphatic hydroxyl groups is 1. The van der Waals surface area contributed by atoms with E-state index in [1.165, 1.54) is 0 Å². The van der Waals surface area contributed by atoms with Crippen LogP contribution in [0.15, 0.2) is 36.4 Å². The number of Topliss-reactive ketones (excluding diaryl/α,β-unsaturated/α-hetero) is 1. The highest BCUT2D eigenvalue weighted by Crippen LogP contribution is 2.65. The van der Waals surface area contributed by atoms with Gasteiger partial charge in [0.15, 0.2) is 14.1 Å². The van der Waals surface area contributed by atoms with Crippen molar-refractivity contribution < 1.29 is 28.5 Å². The predicted octanol–water partition coefficient (Wildman–Crippen LogP) is 6.46. The summed E-state index contributed by atoms with van der Waals surface area (Å²) >= 11 is 0. The fourth-order valence-electron chi connectivity index (χ4n) is 7.76. The highest BCUT2D eigenvalue weighted by atomic mass is 28.4. The molecule has 6 nitrogen and oxygen atoms in total. The van der Waals surface area contributed by atoms with Crippen LogP contribution in [0.3, 0.4) is 0 Å². The average Bonchev–Trinajstić information content (AvgIpc) is 3.62. The topological polar surface area (TPSA) is 77.5 Å². The van der Waals surface area contributed by atoms with Crippen LogP contribution >= 0.6 is 0 Å². The second kappa shape index (κ2) is 9.77. The van der Waals surface area contributed by atoms with Gasteiger partial charge >= 0.3 is 0 Å². The quantitative estimate of drug-likeness (QED) is 0.240. The molecule has 7 heteroatoms. The summed E-state index contributed by atoms with van der Waals surface area (Å²) in [4.78, 5) is 15.2. The van der Waals surface area contributed by atoms with E-state index < -0.39 is 30.9 Å². The van der Waals surface area contributed by atoms with Crippen LogP contribution in [0.2, 0.25) is 18.1 Å². The van der Waals surface area contributed by atoms with Crippen LogP contribution in [0.25, 0.3) is 0 Å². The van der Waals surface area contributed by atoms with Crippen molar-refractivity contribution in [3.63, 3.8) is 0 Å². The van der Waals surface area contributed by atoms with Crippen LogP contribution in [0, 0.1) is 22.7 Å². The second-order valence-electron chi connectivity index (χ2n) is 15.1. The number of carbonyl (C=O) groups excluding carboxylic acids is 1. The maximum absolute atomic E-state index is 15.2. The summed E-state index contributed by atoms with van der Waals surface area (Å²) in [6.45, 7) is 22.3. The molecule has 40 heavy (non-hydrogen) atoms. The molecule has 4 aliphatic rings. The van der Waals surface area contributed by atoms with E-state index in [4.69, 9.17) is 18.6 Å². The number of ether oxygens (including phenoxy) is 3. The van der Waals surface area contributed by atoms with E-state index in [0.717, 1.165) is 29.7 Å². The van der Waals surface area contributed by atoms with Crippen LogP contribution < -0.4 is 4.74 Å². The molecular weight excluding hydrogens is 520 g/mol. The highest BCUT2D eigenvalue weighted by Gasteiger charge is 2.74. The first kappa shape index (κ1) is 30.0. The Kier molecular flexibility index (Phi) is 7.31. The molecule has 0 amide bonds. The fraction of sp³-hybridized carbons (Fsp3) is 0.727. The van der Waals surface area contributed by atoms with Crippen molar-refractivity contribution in [1.82, 2.24) is 0 Å². The van der Waals surface area contributed by atoms with Gasteiger partial charge in [0.25, 0.3) is 0 Å². The van der Waals surface area contributed by atoms with Gasteiger partial charge in [-0.1, -0.05) is 58.9 Å². The van der Waals surface area contributed by atoms with Gasteiger partial charge in [0.1, 0.15) is 18.0 Å². The third-order valence-electron chi connectivity index (χ3n) is 11.7. The summed E-state index contributed by atoms with van der Waals surface area (Å²) in [6.07, 6.45) is 1.37. The smallest absolute Gasteiger partial charge is 0.192 e. The van der Waals surface area contributed by atoms with Gasteiger partial charge in [-0.05, 0) is 68.4 Å². The summed E-state index contributed by atoms with van der Waals surface area (Å²) in [5.74, 6) is 0.492. The Morgan fingerprint density at radius 2 is 1.77 bits per heavy atom. The van der Waals surface area contributed by atoms with Crippen molar-refractivity contribution in [2.45, 2.75) is 122 Å². The Balaban J connectivity index is 1.58. The molecule has 222 valence electrons. The lowest BCUT2D eigenvalue weighted by molar-refractivity contribution is -0.164. The van der Waals surface area contributed by atoms with Gasteiger partial charge in [-0.3, -0.25) is 4.79 Å². The van der Waals surface area contributed by atoms with Gasteiger partial charge in [0.05, 0.1) is 36.9 Å². The summed E-state index contributed by atoms with van der Waals surface area (Å²) in [7, 11) is -0.554. The van der Waals surface area contributed by atoms with E-state index in [1.54, 1.807) is 7.11 Å². The molecule has 1 heterocycles. The molecule has 1 N–H and O–H groups in total. The number of fused-ring (bicyclic) bond motifs is 6. The van der Waals surface area contributed by atoms with Gasteiger partial charge in [-0.2, -0.15) is 0 Å². The molecule has 4 fully saturated rings. The Bertz CT molecular complexity index is 1150. The monoisotopic (exact) mass is 570 g/mol. The van der Waals surface area contributed by atoms with Crippen LogP contribution in [0.5, 0.6) is 5.75 Å². The minimum absolute atomic E-state index is 0.00790. The third-order valence-corrected chi connectivity index (χ3v) is 16.2. The zero-order valence-electron chi connectivity index (χ0n) is 26.0. The van der Waals surface area contributed by atoms with E-state index in [-0.39, 0.29) is 41.0 Å². The molecule has 3 saturated carbocycles. The normalized spacial score (nSPS) is 39.0. The van der Waals surface area contributed by atoms with E-state index in [9.17, 15) is 5.11 Å². The minimum atomic E-state index is -2.20. The Morgan fingerprint density at radius 3 is 2.38 bits per heavy atom. The van der Waals surface area contributed by atoms with Crippen LogP contribution in [-0.4, -0.2) is 56.3 Å². The molecule has 1 saturated heterocycles. The van der Waals surface area contributed by atoms with Crippen molar-refractivity contribution in [1.29, 1.82) is 0 Å². The number of carbonyl (C=O) groups is 1. The van der Waals surface area contributed by atoms with Gasteiger partial charge < -0.3 is 23.7 Å². The number of hydrogen-bond acceptors (Lipinski definition) is 6. The van der Waals surface area contributed by atoms with Crippen molar-refractivity contribution >= 4 is 14.1 Å². The van der Waals surface area contributed by atoms with E-state index in [0.29, 0.717) is 19.4 Å². The fourth-order valence-corrected chi connectivity index (χ4v) is 9.19. The molecule has 0 radical (unpaired) electrons. The standard InChI is InChI=1S/C33H50O6Si/c1-20-11-16-24(39-40(9,10)30(2,3)4)32(7)25(20)27-29(38-27)33(35)18-17-23(31(33,5)6)26(28(32)34)37-19-21-12-14-22(36-8)15-13-21/h12-15,23-27,29,35H,1,11,16-19H2,2-10H3/t23?,24-,25-,26+,27-,29-,32+,33+/m0/s1. The molecule has 1 aliphatic heterocycles. The predicted molar refractivity (Wildman–Crippen MR) is 159 cm³/mol. The largest absolute Gasteiger partial charge is 0.497 e. The number of benzene rings is 1. The number of ketones is 1. The number of rotatable bonds is 6. The minimum Gasteiger partial charge on any atom is -0.497 e. The molecule has 5 rings (SSSR count). The molecule has 1 aromatic carbocycles. The van der Waals surface area contributed by atoms with Gasteiger partial charge in [-0.15, -0.1) is 0 Å². The highest BCUT2D eigenvalue weighted by molar-refractivity contribution is 6.74. The molecule has 1 unspecified atom stereocenters. The molecular formula is C33H50O6Si. The summed E-state index contributed by atoms with van der Waals surface area (Å²) in [6, 6.07) is 7.79. The zero-order valence-corrected chi connectivity index (χ0v) is 27.0. The van der Waals surface area contributed by atoms with Crippen molar-refractivity contribution in [3.05, 3.63) is 42.0 Å². The van der Waals surface area contributed by atoms with Crippen molar-refractivity contribution in [3.8, 4) is 5.75 Å². The van der Waals surface area contributed by atoms with Gasteiger partial charge in [-0.25, -0.2) is 0 Å². The lowest BCUT2D eigenvalue weighted by Gasteiger charge is -2.52. The van der Waals surface area contributed by atoms with Crippen molar-refractivity contribution in [2.24, 2.45) is 22.7 Å². The Morgan fingerprint density at radius 1 is 1.12 bits per heavy atom. The van der Waals surface area contributed by atoms with E-state index >= 15 is 4.79 Å². The first-order valence-electron chi connectivity index (χ1n) is 15.0. The maximum Gasteiger partial charge on any atom is 0.192 e. The average molecular weight is 571 g/mol. The zero-order chi connectivity index (χ0) is 29.5. The van der Waals surface area contributed by atoms with E-state index in [1.807, 2.05) is 24.3 Å². The Labute approximate surface area is 241 Å². The summed E-state index contributed by atoms with van der Waals surface area (Å²) in [5.41, 5.74) is -0.441. The van der Waals surface area contributed by atoms with Crippen molar-refractivity contribution in [2.75, 3.05) is 7.11 Å². The van der Waals surface area contributed by atoms with Gasteiger partial charge in [0.2, 0.25) is 0 Å². The second-order valence-corrected chi connectivity index (χ2v) is 19.8. The maximum atomic E-state index is 15.2. The first-order chi connectivity index (χ1) is 18.5. The number of methoxy groups -OCH3 is 1. The van der Waals surface area contributed by atoms with Gasteiger partial charge in [0, 0.05) is 17.3 Å². The SMILES string of the molecule is C=C1CC[C@H](O[Si](C)(C)C(C)(C)C)[C@@]2(C)C(=O)[C@H](OCc3ccc(OC)cc3)C3CC[C@@](O)([C@H]4O[C@H]4[C@H]12)C3(C)C. The van der Waals surface area contributed by atoms with Crippen LogP contribution in [0.4, 0.5) is 0 Å². The third kappa shape index (κ3) is 4.46. The molecule has 0 spiro atoms. The molecule has 0 aromatic heterocycles. The lowest BCUT2D eigenvalue weighted by atomic mass is 9.58. The van der Waals surface area contributed by atoms with Crippen LogP contribution in [-0.2, 0) is 25.3 Å². The molecule has 3 aliphatic carbocycles. The number of epoxide rings is 1. The number of hydrogen-bond donors (Lipinski definition) is 1. The summed E-state index contributed by atoms with van der Waals surface area (Å²) in [5, 5.41) is 12.2. The lowest BCUT2D eigenvalue weighted by Crippen LogP contribution is -2.60. The Hall–Kier alpha value is -1.51. The molecule has 2 bridgehead atoms. The molecule has 1 aromatic rings. The summed E-state index contributed by atoms with van der Waals surface area (Å²) < 4.78 is 25.5. The van der Waals surface area contributed by atoms with Crippen LogP contribution in [0.1, 0.15) is 72.8 Å². The first-order valence-corrected chi connectivity index (χ1v) is 17.9.